The van der Waals surface area contributed by atoms with Crippen LogP contribution in [0.2, 0.25) is 0 Å². The van der Waals surface area contributed by atoms with Gasteiger partial charge in [-0.25, -0.2) is 0 Å². The Labute approximate surface area is 496 Å². The molecule has 0 aromatic heterocycles. The molecule has 11 heteroatoms. The first-order chi connectivity index (χ1) is 39.7. The molecule has 0 saturated carbocycles. The number of nitrogens with one attached hydrogen (secondary N) is 1. The molecule has 470 valence electrons. The van der Waals surface area contributed by atoms with Gasteiger partial charge in [0.1, 0.15) is 24.4 Å². The van der Waals surface area contributed by atoms with Crippen molar-refractivity contribution in [3.63, 3.8) is 0 Å². The summed E-state index contributed by atoms with van der Waals surface area (Å²) in [5.41, 5.74) is 0. The highest BCUT2D eigenvalue weighted by Gasteiger charge is 2.47. The Kier molecular flexibility index (Phi) is 54.1. The number of hydrogen-bond donors (Lipinski definition) is 6. The smallest absolute Gasteiger partial charge is 0.306 e. The molecule has 11 nitrogen and oxygen atoms in total. The minimum absolute atomic E-state index is 0.118. The monoisotopic (exact) mass is 1140 g/mol. The Hall–Kier alpha value is -2.90. The molecular weight excluding hydrogens is 1010 g/mol. The number of aliphatic hydroxyl groups excluding tert-OH is 5. The Morgan fingerprint density at radius 1 is 0.494 bits per heavy atom. The van der Waals surface area contributed by atoms with Crippen LogP contribution in [-0.2, 0) is 23.8 Å². The van der Waals surface area contributed by atoms with E-state index in [1.807, 2.05) is 6.08 Å². The van der Waals surface area contributed by atoms with Crippen molar-refractivity contribution < 1.29 is 49.3 Å². The van der Waals surface area contributed by atoms with Gasteiger partial charge in [-0.3, -0.25) is 9.59 Å². The molecule has 81 heavy (non-hydrogen) atoms. The standard InChI is InChI=1S/C70H125NO10/c1-4-7-10-13-16-19-22-25-27-28-29-30-31-32-33-34-35-36-37-40-43-46-49-52-55-58-65(75)81-68-67(77)66(76)64(59-72)80-70(68)79-60-61(62(73)56-53-50-47-44-41-38-24-21-18-15-12-9-6-3)71-69(78)63(74)57-54-51-48-45-42-39-26-23-20-17-14-11-8-5-2/h16-17,19-20,23,25-27,29-30,53,56,61-64,66-68,70,72-74,76-77H,4-15,18,21-22,24,28,31-52,54-55,57-60H2,1-3H3,(H,71,78)/b19-16-,20-17+,26-23+,27-25-,30-29-,56-53+. The number of carbonyl (C=O) groups excluding carboxylic acids is 2. The number of hydrogen-bond acceptors (Lipinski definition) is 10. The third-order valence-corrected chi connectivity index (χ3v) is 15.6. The van der Waals surface area contributed by atoms with Gasteiger partial charge in [0, 0.05) is 6.42 Å². The number of esters is 1. The van der Waals surface area contributed by atoms with Crippen molar-refractivity contribution in [2.45, 2.75) is 346 Å². The zero-order valence-corrected chi connectivity index (χ0v) is 52.1. The van der Waals surface area contributed by atoms with Crippen molar-refractivity contribution in [3.05, 3.63) is 72.9 Å². The second kappa shape index (κ2) is 57.5. The topological polar surface area (TPSA) is 175 Å². The van der Waals surface area contributed by atoms with E-state index in [0.29, 0.717) is 12.8 Å². The summed E-state index contributed by atoms with van der Waals surface area (Å²) in [6.45, 7) is 5.74. The molecular formula is C70H125NO10. The number of allylic oxidation sites excluding steroid dienone is 11. The minimum atomic E-state index is -1.62. The highest BCUT2D eigenvalue weighted by atomic mass is 16.7. The predicted molar refractivity (Wildman–Crippen MR) is 338 cm³/mol. The normalized spacial score (nSPS) is 19.1. The van der Waals surface area contributed by atoms with E-state index in [-0.39, 0.29) is 19.4 Å². The van der Waals surface area contributed by atoms with Crippen molar-refractivity contribution in [1.29, 1.82) is 0 Å². The van der Waals surface area contributed by atoms with E-state index in [1.165, 1.54) is 161 Å². The summed E-state index contributed by atoms with van der Waals surface area (Å²) in [5, 5.41) is 57.1. The van der Waals surface area contributed by atoms with Crippen molar-refractivity contribution in [1.82, 2.24) is 5.32 Å². The first-order valence-corrected chi connectivity index (χ1v) is 33.7. The molecule has 0 aromatic carbocycles. The molecule has 1 rings (SSSR count). The zero-order chi connectivity index (χ0) is 58.9. The lowest BCUT2D eigenvalue weighted by Gasteiger charge is -2.41. The van der Waals surface area contributed by atoms with E-state index in [2.05, 4.69) is 86.8 Å². The maximum Gasteiger partial charge on any atom is 0.306 e. The van der Waals surface area contributed by atoms with Gasteiger partial charge in [0.25, 0.3) is 0 Å². The Morgan fingerprint density at radius 3 is 1.37 bits per heavy atom. The largest absolute Gasteiger partial charge is 0.454 e. The molecule has 1 fully saturated rings. The van der Waals surface area contributed by atoms with E-state index in [1.54, 1.807) is 6.08 Å². The van der Waals surface area contributed by atoms with Crippen molar-refractivity contribution in [2.24, 2.45) is 0 Å². The molecule has 1 aliphatic rings. The Bertz CT molecular complexity index is 1590. The van der Waals surface area contributed by atoms with E-state index in [9.17, 15) is 35.1 Å². The van der Waals surface area contributed by atoms with E-state index < -0.39 is 67.4 Å². The fourth-order valence-electron chi connectivity index (χ4n) is 10.2. The third-order valence-electron chi connectivity index (χ3n) is 15.6. The van der Waals surface area contributed by atoms with Crippen molar-refractivity contribution in [2.75, 3.05) is 13.2 Å². The van der Waals surface area contributed by atoms with Crippen LogP contribution in [0.15, 0.2) is 72.9 Å². The lowest BCUT2D eigenvalue weighted by molar-refractivity contribution is -0.305. The summed E-state index contributed by atoms with van der Waals surface area (Å²) in [5.74, 6) is -1.20. The molecule has 0 aliphatic carbocycles. The van der Waals surface area contributed by atoms with E-state index in [4.69, 9.17) is 14.2 Å². The summed E-state index contributed by atoms with van der Waals surface area (Å²) in [6, 6.07) is -1.03. The zero-order valence-electron chi connectivity index (χ0n) is 52.1. The summed E-state index contributed by atoms with van der Waals surface area (Å²) in [7, 11) is 0. The van der Waals surface area contributed by atoms with Crippen molar-refractivity contribution in [3.8, 4) is 0 Å². The molecule has 1 aliphatic heterocycles. The maximum atomic E-state index is 13.4. The molecule has 1 saturated heterocycles. The highest BCUT2D eigenvalue weighted by Crippen LogP contribution is 2.26. The molecule has 0 bridgehead atoms. The number of unbranched alkanes of at least 4 members (excludes halogenated alkanes) is 34. The van der Waals surface area contributed by atoms with Crippen LogP contribution in [0.25, 0.3) is 0 Å². The predicted octanol–water partition coefficient (Wildman–Crippen LogP) is 16.7. The number of ether oxygens (including phenoxy) is 3. The van der Waals surface area contributed by atoms with Gasteiger partial charge >= 0.3 is 5.97 Å². The van der Waals surface area contributed by atoms with Crippen LogP contribution >= 0.6 is 0 Å². The number of carbonyl (C=O) groups is 2. The minimum Gasteiger partial charge on any atom is -0.454 e. The van der Waals surface area contributed by atoms with Gasteiger partial charge in [-0.05, 0) is 89.9 Å². The molecule has 0 radical (unpaired) electrons. The van der Waals surface area contributed by atoms with Crippen LogP contribution in [0, 0.1) is 0 Å². The van der Waals surface area contributed by atoms with Gasteiger partial charge in [-0.2, -0.15) is 0 Å². The fourth-order valence-corrected chi connectivity index (χ4v) is 10.2. The number of amides is 1. The summed E-state index contributed by atoms with van der Waals surface area (Å²) >= 11 is 0. The van der Waals surface area contributed by atoms with Gasteiger partial charge in [-0.1, -0.05) is 273 Å². The molecule has 6 N–H and O–H groups in total. The Balaban J connectivity index is 2.60. The van der Waals surface area contributed by atoms with Crippen LogP contribution in [0.5, 0.6) is 0 Å². The van der Waals surface area contributed by atoms with Gasteiger partial charge in [-0.15, -0.1) is 0 Å². The van der Waals surface area contributed by atoms with E-state index in [0.717, 1.165) is 89.9 Å². The molecule has 1 amide bonds. The van der Waals surface area contributed by atoms with Gasteiger partial charge in [0.05, 0.1) is 25.4 Å². The fraction of sp³-hybridized carbons (Fsp3) is 0.800. The molecule has 0 aromatic rings. The summed E-state index contributed by atoms with van der Waals surface area (Å²) in [6.07, 6.45) is 63.6. The molecule has 8 unspecified atom stereocenters. The molecule has 0 spiro atoms. The second-order valence-corrected chi connectivity index (χ2v) is 23.2. The first kappa shape index (κ1) is 76.1. The van der Waals surface area contributed by atoms with Crippen LogP contribution in [0.3, 0.4) is 0 Å². The van der Waals surface area contributed by atoms with Gasteiger partial charge < -0.3 is 45.1 Å². The number of rotatable bonds is 57. The van der Waals surface area contributed by atoms with E-state index >= 15 is 0 Å². The van der Waals surface area contributed by atoms with Gasteiger partial charge in [0.2, 0.25) is 5.91 Å². The lowest BCUT2D eigenvalue weighted by atomic mass is 9.99. The summed E-state index contributed by atoms with van der Waals surface area (Å²) in [4.78, 5) is 26.6. The van der Waals surface area contributed by atoms with Crippen LogP contribution in [-0.4, -0.2) is 99.6 Å². The average molecular weight is 1140 g/mol. The quantitative estimate of drug-likeness (QED) is 0.0149. The van der Waals surface area contributed by atoms with Crippen LogP contribution in [0.4, 0.5) is 0 Å². The average Bonchev–Trinajstić information content (AvgIpc) is 3.47. The number of aliphatic hydroxyl groups is 5. The SMILES string of the molecule is CCCCC/C=C\C/C=C\C/C=C\CCCCCCCCCCCCCCC(=O)OC1C(OCC(NC(=O)C(O)CCCCCCC/C=C/C=C/CCCCC)C(O)/C=C/CCCCCCCCCCCCC)OC(CO)C(O)C1O. The highest BCUT2D eigenvalue weighted by molar-refractivity contribution is 5.80. The third kappa shape index (κ3) is 45.2. The van der Waals surface area contributed by atoms with Crippen molar-refractivity contribution >= 4 is 11.9 Å². The lowest BCUT2D eigenvalue weighted by Crippen LogP contribution is -2.61. The molecule has 1 heterocycles. The van der Waals surface area contributed by atoms with Gasteiger partial charge in [0.15, 0.2) is 12.4 Å². The second-order valence-electron chi connectivity index (χ2n) is 23.2. The van der Waals surface area contributed by atoms with Crippen LogP contribution in [0.1, 0.15) is 297 Å². The van der Waals surface area contributed by atoms with Crippen LogP contribution < -0.4 is 5.32 Å². The summed E-state index contributed by atoms with van der Waals surface area (Å²) < 4.78 is 17.7. The maximum absolute atomic E-state index is 13.4. The molecule has 8 atom stereocenters. The first-order valence-electron chi connectivity index (χ1n) is 33.7. The Morgan fingerprint density at radius 2 is 0.889 bits per heavy atom.